The van der Waals surface area contributed by atoms with Gasteiger partial charge in [0, 0.05) is 6.42 Å². The maximum Gasteiger partial charge on any atom is 0.490 e. The van der Waals surface area contributed by atoms with E-state index in [4.69, 9.17) is 24.2 Å². The standard InChI is InChI=1S/C10H17N2O15P3/c1-23-6-3-12(10(15)11-9(6)14)8-2-5(13)7(25-8)4-24-29(19,20)27-30(21,22)26-28(16,17)18/h3,5,7-8,13H,2,4H2,1H3,(H,19,20)(H,21,22)(H,11,14,15)(H2,16,17,18)/t5-,7-,8-/m1/s1. The molecule has 20 heteroatoms. The summed E-state index contributed by atoms with van der Waals surface area (Å²) in [6.07, 6.45) is -3.05. The highest BCUT2D eigenvalue weighted by molar-refractivity contribution is 7.66. The molecule has 6 N–H and O–H groups in total. The maximum absolute atomic E-state index is 11.9. The van der Waals surface area contributed by atoms with Crippen molar-refractivity contribution >= 4 is 23.5 Å². The van der Waals surface area contributed by atoms with Crippen molar-refractivity contribution in [3.05, 3.63) is 27.0 Å². The van der Waals surface area contributed by atoms with Crippen LogP contribution in [0.15, 0.2) is 15.8 Å². The molecule has 1 aliphatic heterocycles. The van der Waals surface area contributed by atoms with Crippen molar-refractivity contribution in [3.8, 4) is 5.75 Å². The lowest BCUT2D eigenvalue weighted by Crippen LogP contribution is -2.33. The molecule has 172 valence electrons. The Morgan fingerprint density at radius 1 is 1.17 bits per heavy atom. The summed E-state index contributed by atoms with van der Waals surface area (Å²) < 4.78 is 56.0. The van der Waals surface area contributed by atoms with Gasteiger partial charge in [0.25, 0.3) is 5.56 Å². The van der Waals surface area contributed by atoms with Gasteiger partial charge in [0.2, 0.25) is 5.75 Å². The Hall–Kier alpha value is -1.19. The molecule has 17 nitrogen and oxygen atoms in total. The van der Waals surface area contributed by atoms with E-state index >= 15 is 0 Å². The minimum absolute atomic E-state index is 0.223. The van der Waals surface area contributed by atoms with Crippen LogP contribution in [0.2, 0.25) is 0 Å². The van der Waals surface area contributed by atoms with Gasteiger partial charge >= 0.3 is 29.2 Å². The minimum atomic E-state index is -5.69. The zero-order chi connectivity index (χ0) is 22.9. The molecule has 1 aromatic heterocycles. The second-order valence-corrected chi connectivity index (χ2v) is 10.1. The quantitative estimate of drug-likeness (QED) is 0.213. The van der Waals surface area contributed by atoms with E-state index in [0.717, 1.165) is 10.8 Å². The summed E-state index contributed by atoms with van der Waals surface area (Å²) in [5, 5.41) is 10.0. The summed E-state index contributed by atoms with van der Waals surface area (Å²) in [4.78, 5) is 60.8. The van der Waals surface area contributed by atoms with E-state index in [-0.39, 0.29) is 12.2 Å². The normalized spacial score (nSPS) is 26.1. The molecular formula is C10H17N2O15P3. The van der Waals surface area contributed by atoms with E-state index in [1.165, 1.54) is 7.11 Å². The molecule has 2 rings (SSSR count). The molecule has 0 radical (unpaired) electrons. The fourth-order valence-electron chi connectivity index (χ4n) is 2.33. The predicted octanol–water partition coefficient (Wildman–Crippen LogP) is -1.46. The van der Waals surface area contributed by atoms with Crippen molar-refractivity contribution in [2.75, 3.05) is 13.7 Å². The predicted molar refractivity (Wildman–Crippen MR) is 92.2 cm³/mol. The number of aromatic amines is 1. The summed E-state index contributed by atoms with van der Waals surface area (Å²) in [7, 11) is -15.5. The smallest absolute Gasteiger partial charge is 0.490 e. The van der Waals surface area contributed by atoms with Crippen molar-refractivity contribution in [2.24, 2.45) is 0 Å². The van der Waals surface area contributed by atoms with Gasteiger partial charge in [-0.3, -0.25) is 18.9 Å². The third-order valence-corrected chi connectivity index (χ3v) is 7.29. The molecule has 1 aromatic rings. The Balaban J connectivity index is 2.05. The summed E-state index contributed by atoms with van der Waals surface area (Å²) in [6, 6.07) is 0. The van der Waals surface area contributed by atoms with Crippen LogP contribution in [-0.2, 0) is 31.6 Å². The van der Waals surface area contributed by atoms with Crippen LogP contribution in [-0.4, -0.2) is 60.2 Å². The van der Waals surface area contributed by atoms with Crippen molar-refractivity contribution in [1.29, 1.82) is 0 Å². The molecule has 0 amide bonds. The van der Waals surface area contributed by atoms with Crippen LogP contribution in [0.5, 0.6) is 5.75 Å². The number of phosphoric ester groups is 1. The Labute approximate surface area is 166 Å². The lowest BCUT2D eigenvalue weighted by molar-refractivity contribution is -0.0451. The number of phosphoric acid groups is 3. The molecule has 0 aromatic carbocycles. The van der Waals surface area contributed by atoms with Crippen LogP contribution in [0.1, 0.15) is 12.6 Å². The average molecular weight is 498 g/mol. The van der Waals surface area contributed by atoms with Crippen molar-refractivity contribution in [3.63, 3.8) is 0 Å². The van der Waals surface area contributed by atoms with Crippen LogP contribution in [0.25, 0.3) is 0 Å². The fourth-order valence-corrected chi connectivity index (χ4v) is 5.36. The van der Waals surface area contributed by atoms with Gasteiger partial charge in [-0.1, -0.05) is 0 Å². The summed E-state index contributed by atoms with van der Waals surface area (Å²) >= 11 is 0. The average Bonchev–Trinajstić information content (AvgIpc) is 2.90. The van der Waals surface area contributed by atoms with Gasteiger partial charge in [0.1, 0.15) is 12.3 Å². The zero-order valence-corrected chi connectivity index (χ0v) is 17.5. The van der Waals surface area contributed by atoms with E-state index in [0.29, 0.717) is 0 Å². The van der Waals surface area contributed by atoms with Crippen molar-refractivity contribution in [2.45, 2.75) is 24.9 Å². The second-order valence-electron chi connectivity index (χ2n) is 5.68. The largest absolute Gasteiger partial charge is 0.490 e. The number of hydrogen-bond donors (Lipinski definition) is 6. The summed E-state index contributed by atoms with van der Waals surface area (Å²) in [5.41, 5.74) is -1.70. The van der Waals surface area contributed by atoms with Crippen LogP contribution in [0.3, 0.4) is 0 Å². The highest BCUT2D eigenvalue weighted by Gasteiger charge is 2.43. The first kappa shape index (κ1) is 25.1. The molecule has 1 fully saturated rings. The molecular weight excluding hydrogens is 481 g/mol. The molecule has 5 atom stereocenters. The Bertz CT molecular complexity index is 1030. The fraction of sp³-hybridized carbons (Fsp3) is 0.600. The Morgan fingerprint density at radius 2 is 1.80 bits per heavy atom. The monoisotopic (exact) mass is 498 g/mol. The van der Waals surface area contributed by atoms with Crippen molar-refractivity contribution in [1.82, 2.24) is 9.55 Å². The van der Waals surface area contributed by atoms with E-state index in [1.807, 2.05) is 4.98 Å². The summed E-state index contributed by atoms with van der Waals surface area (Å²) in [5.74, 6) is -0.232. The van der Waals surface area contributed by atoms with Gasteiger partial charge in [-0.15, -0.1) is 0 Å². The van der Waals surface area contributed by atoms with Gasteiger partial charge in [-0.2, -0.15) is 8.62 Å². The van der Waals surface area contributed by atoms with Crippen LogP contribution in [0, 0.1) is 0 Å². The SMILES string of the molecule is COc1cn([C@H]2C[C@@H](O)[C@@H](COP(=O)(O)OP(=O)(O)OP(=O)(O)O)O2)c(=O)[nH]c1=O. The molecule has 30 heavy (non-hydrogen) atoms. The number of aliphatic hydroxyl groups excluding tert-OH is 1. The zero-order valence-electron chi connectivity index (χ0n) is 14.8. The van der Waals surface area contributed by atoms with Crippen LogP contribution >= 0.6 is 23.5 Å². The van der Waals surface area contributed by atoms with E-state index < -0.39 is 59.8 Å². The summed E-state index contributed by atoms with van der Waals surface area (Å²) in [6.45, 7) is -0.906. The molecule has 0 saturated carbocycles. The molecule has 1 aliphatic rings. The molecule has 2 unspecified atom stereocenters. The van der Waals surface area contributed by atoms with E-state index in [1.54, 1.807) is 0 Å². The number of hydrogen-bond acceptors (Lipinski definition) is 11. The third kappa shape index (κ3) is 6.92. The first-order valence-electron chi connectivity index (χ1n) is 7.64. The molecule has 0 aliphatic carbocycles. The highest BCUT2D eigenvalue weighted by atomic mass is 31.3. The van der Waals surface area contributed by atoms with Crippen molar-refractivity contribution < 1.29 is 61.0 Å². The number of methoxy groups -OCH3 is 1. The first-order valence-corrected chi connectivity index (χ1v) is 12.2. The molecule has 2 heterocycles. The number of H-pyrrole nitrogens is 1. The van der Waals surface area contributed by atoms with Gasteiger partial charge in [0.05, 0.1) is 26.0 Å². The first-order chi connectivity index (χ1) is 13.6. The number of nitrogens with one attached hydrogen (secondary N) is 1. The van der Waals surface area contributed by atoms with Crippen LogP contribution < -0.4 is 16.0 Å². The number of aliphatic hydroxyl groups is 1. The van der Waals surface area contributed by atoms with Gasteiger partial charge in [-0.05, 0) is 0 Å². The molecule has 0 bridgehead atoms. The minimum Gasteiger partial charge on any atom is -0.490 e. The number of aromatic nitrogens is 2. The van der Waals surface area contributed by atoms with E-state index in [9.17, 15) is 33.3 Å². The third-order valence-electron chi connectivity index (χ3n) is 3.49. The second kappa shape index (κ2) is 9.12. The number of ether oxygens (including phenoxy) is 2. The maximum atomic E-state index is 11.9. The van der Waals surface area contributed by atoms with Gasteiger partial charge < -0.3 is 34.2 Å². The van der Waals surface area contributed by atoms with Crippen LogP contribution in [0.4, 0.5) is 0 Å². The van der Waals surface area contributed by atoms with Gasteiger partial charge in [-0.25, -0.2) is 18.5 Å². The molecule has 0 spiro atoms. The number of rotatable bonds is 9. The van der Waals surface area contributed by atoms with E-state index in [2.05, 4.69) is 13.1 Å². The topological polar surface area (TPSA) is 253 Å². The lowest BCUT2D eigenvalue weighted by atomic mass is 10.2. The Kier molecular flexibility index (Phi) is 7.62. The molecule has 1 saturated heterocycles. The van der Waals surface area contributed by atoms with Gasteiger partial charge in [0.15, 0.2) is 0 Å². The lowest BCUT2D eigenvalue weighted by Gasteiger charge is -2.19. The number of nitrogens with zero attached hydrogens (tertiary/aromatic N) is 1. The Morgan fingerprint density at radius 3 is 2.37 bits per heavy atom. The highest BCUT2D eigenvalue weighted by Crippen LogP contribution is 2.66.